The van der Waals surface area contributed by atoms with Crippen LogP contribution in [-0.2, 0) is 4.74 Å². The zero-order valence-corrected chi connectivity index (χ0v) is 5.66. The Balaban J connectivity index is 2.13. The third-order valence-corrected chi connectivity index (χ3v) is 1.77. The molecule has 1 aliphatic rings. The van der Waals surface area contributed by atoms with Crippen molar-refractivity contribution in [2.24, 2.45) is 0 Å². The van der Waals surface area contributed by atoms with Gasteiger partial charge in [-0.2, -0.15) is 0 Å². The van der Waals surface area contributed by atoms with Gasteiger partial charge in [-0.05, 0) is 12.8 Å². The standard InChI is InChI=1S/C5H11NOS/c8-6-5-1-3-7-4-2-5/h5-6,8H,1-4H2. The second-order valence-corrected chi connectivity index (χ2v) is 2.27. The van der Waals surface area contributed by atoms with Gasteiger partial charge < -0.3 is 4.74 Å². The van der Waals surface area contributed by atoms with E-state index in [9.17, 15) is 0 Å². The van der Waals surface area contributed by atoms with E-state index >= 15 is 0 Å². The summed E-state index contributed by atoms with van der Waals surface area (Å²) in [7, 11) is 0. The molecule has 1 saturated heterocycles. The maximum Gasteiger partial charge on any atom is 0.0481 e. The van der Waals surface area contributed by atoms with Crippen molar-refractivity contribution >= 4 is 12.8 Å². The summed E-state index contributed by atoms with van der Waals surface area (Å²) in [4.78, 5) is 0. The lowest BCUT2D eigenvalue weighted by Gasteiger charge is -2.19. The van der Waals surface area contributed by atoms with Crippen molar-refractivity contribution in [3.63, 3.8) is 0 Å². The molecular weight excluding hydrogens is 122 g/mol. The van der Waals surface area contributed by atoms with Crippen molar-refractivity contribution in [1.82, 2.24) is 4.72 Å². The topological polar surface area (TPSA) is 21.3 Å². The number of ether oxygens (including phenoxy) is 1. The second kappa shape index (κ2) is 3.33. The maximum absolute atomic E-state index is 5.13. The van der Waals surface area contributed by atoms with Crippen LogP contribution in [0.2, 0.25) is 0 Å². The molecule has 0 aromatic heterocycles. The summed E-state index contributed by atoms with van der Waals surface area (Å²) in [6.45, 7) is 1.77. The first-order valence-electron chi connectivity index (χ1n) is 2.91. The van der Waals surface area contributed by atoms with Crippen LogP contribution in [0.3, 0.4) is 0 Å². The van der Waals surface area contributed by atoms with E-state index in [1.165, 1.54) is 0 Å². The van der Waals surface area contributed by atoms with E-state index in [0.717, 1.165) is 26.1 Å². The van der Waals surface area contributed by atoms with Crippen LogP contribution < -0.4 is 4.72 Å². The molecule has 0 saturated carbocycles. The molecule has 1 heterocycles. The smallest absolute Gasteiger partial charge is 0.0481 e. The van der Waals surface area contributed by atoms with Gasteiger partial charge in [-0.3, -0.25) is 4.72 Å². The van der Waals surface area contributed by atoms with Crippen LogP contribution in [0.25, 0.3) is 0 Å². The summed E-state index contributed by atoms with van der Waals surface area (Å²) in [5, 5.41) is 0. The third kappa shape index (κ3) is 1.65. The third-order valence-electron chi connectivity index (χ3n) is 1.40. The summed E-state index contributed by atoms with van der Waals surface area (Å²) in [6, 6.07) is 0.576. The number of nitrogens with one attached hydrogen (secondary N) is 1. The molecule has 1 fully saturated rings. The van der Waals surface area contributed by atoms with Gasteiger partial charge in [0.2, 0.25) is 0 Å². The maximum atomic E-state index is 5.13. The Hall–Kier alpha value is 0.270. The van der Waals surface area contributed by atoms with E-state index in [2.05, 4.69) is 17.5 Å². The zero-order chi connectivity index (χ0) is 5.82. The minimum atomic E-state index is 0.576. The van der Waals surface area contributed by atoms with Crippen LogP contribution in [0, 0.1) is 0 Å². The first kappa shape index (κ1) is 6.39. The Labute approximate surface area is 55.1 Å². The molecule has 0 bridgehead atoms. The average Bonchev–Trinajstić information content (AvgIpc) is 1.90. The summed E-state index contributed by atoms with van der Waals surface area (Å²) in [6.07, 6.45) is 2.20. The molecule has 1 N–H and O–H groups in total. The van der Waals surface area contributed by atoms with Crippen molar-refractivity contribution < 1.29 is 4.74 Å². The van der Waals surface area contributed by atoms with Gasteiger partial charge in [-0.1, -0.05) is 12.8 Å². The highest BCUT2D eigenvalue weighted by atomic mass is 32.1. The summed E-state index contributed by atoms with van der Waals surface area (Å²) >= 11 is 3.96. The van der Waals surface area contributed by atoms with Gasteiger partial charge in [-0.15, -0.1) is 0 Å². The highest BCUT2D eigenvalue weighted by Crippen LogP contribution is 2.05. The quantitative estimate of drug-likeness (QED) is 0.511. The van der Waals surface area contributed by atoms with Gasteiger partial charge in [0.15, 0.2) is 0 Å². The van der Waals surface area contributed by atoms with Crippen LogP contribution in [0.4, 0.5) is 0 Å². The normalized spacial score (nSPS) is 23.6. The van der Waals surface area contributed by atoms with E-state index in [-0.39, 0.29) is 0 Å². The summed E-state index contributed by atoms with van der Waals surface area (Å²) < 4.78 is 8.05. The summed E-state index contributed by atoms with van der Waals surface area (Å²) in [5.74, 6) is 0. The first-order chi connectivity index (χ1) is 3.93. The highest BCUT2D eigenvalue weighted by Gasteiger charge is 2.10. The van der Waals surface area contributed by atoms with Gasteiger partial charge in [-0.25, -0.2) is 0 Å². The van der Waals surface area contributed by atoms with Crippen LogP contribution in [0.15, 0.2) is 0 Å². The minimum Gasteiger partial charge on any atom is -0.381 e. The van der Waals surface area contributed by atoms with Crippen LogP contribution >= 0.6 is 12.8 Å². The lowest BCUT2D eigenvalue weighted by Crippen LogP contribution is -2.28. The monoisotopic (exact) mass is 133 g/mol. The molecule has 0 spiro atoms. The van der Waals surface area contributed by atoms with E-state index in [1.807, 2.05) is 0 Å². The molecule has 1 rings (SSSR count). The van der Waals surface area contributed by atoms with Crippen molar-refractivity contribution in [1.29, 1.82) is 0 Å². The number of rotatable bonds is 1. The second-order valence-electron chi connectivity index (χ2n) is 2.02. The Morgan fingerprint density at radius 2 is 2.00 bits per heavy atom. The molecule has 8 heavy (non-hydrogen) atoms. The first-order valence-corrected chi connectivity index (χ1v) is 3.35. The lowest BCUT2D eigenvalue weighted by atomic mass is 10.1. The van der Waals surface area contributed by atoms with Crippen molar-refractivity contribution in [3.8, 4) is 0 Å². The lowest BCUT2D eigenvalue weighted by molar-refractivity contribution is 0.0839. The molecule has 1 aliphatic heterocycles. The molecule has 0 amide bonds. The molecule has 0 atom stereocenters. The average molecular weight is 133 g/mol. The largest absolute Gasteiger partial charge is 0.381 e. The van der Waals surface area contributed by atoms with Gasteiger partial charge in [0.05, 0.1) is 0 Å². The Morgan fingerprint density at radius 1 is 1.38 bits per heavy atom. The van der Waals surface area contributed by atoms with Crippen LogP contribution in [0.1, 0.15) is 12.8 Å². The minimum absolute atomic E-state index is 0.576. The van der Waals surface area contributed by atoms with Gasteiger partial charge in [0, 0.05) is 19.3 Å². The SMILES string of the molecule is SNC1CCOCC1. The van der Waals surface area contributed by atoms with Crippen LogP contribution in [-0.4, -0.2) is 19.3 Å². The number of thiol groups is 1. The van der Waals surface area contributed by atoms with Crippen molar-refractivity contribution in [2.45, 2.75) is 18.9 Å². The van der Waals surface area contributed by atoms with E-state index in [0.29, 0.717) is 6.04 Å². The molecule has 2 nitrogen and oxygen atoms in total. The fraction of sp³-hybridized carbons (Fsp3) is 1.00. The van der Waals surface area contributed by atoms with Gasteiger partial charge in [0.1, 0.15) is 0 Å². The van der Waals surface area contributed by atoms with E-state index in [1.54, 1.807) is 0 Å². The predicted molar refractivity (Wildman–Crippen MR) is 36.0 cm³/mol. The molecule has 0 aliphatic carbocycles. The van der Waals surface area contributed by atoms with Gasteiger partial charge >= 0.3 is 0 Å². The molecular formula is C5H11NOS. The highest BCUT2D eigenvalue weighted by molar-refractivity contribution is 7.78. The number of hydrogen-bond donors (Lipinski definition) is 2. The Morgan fingerprint density at radius 3 is 2.38 bits per heavy atom. The zero-order valence-electron chi connectivity index (χ0n) is 4.76. The fourth-order valence-electron chi connectivity index (χ4n) is 0.827. The van der Waals surface area contributed by atoms with Crippen LogP contribution in [0.5, 0.6) is 0 Å². The molecule has 3 heteroatoms. The van der Waals surface area contributed by atoms with Gasteiger partial charge in [0.25, 0.3) is 0 Å². The van der Waals surface area contributed by atoms with E-state index < -0.39 is 0 Å². The summed E-state index contributed by atoms with van der Waals surface area (Å²) in [5.41, 5.74) is 0. The fourth-order valence-corrected chi connectivity index (χ4v) is 1.08. The Bertz CT molecular complexity index is 63.4. The number of hydrogen-bond acceptors (Lipinski definition) is 3. The predicted octanol–water partition coefficient (Wildman–Crippen LogP) is 0.600. The Kier molecular flexibility index (Phi) is 2.66. The molecule has 48 valence electrons. The van der Waals surface area contributed by atoms with Crippen molar-refractivity contribution in [2.75, 3.05) is 13.2 Å². The molecule has 0 radical (unpaired) electrons. The molecule has 0 aromatic rings. The van der Waals surface area contributed by atoms with E-state index in [4.69, 9.17) is 4.74 Å². The van der Waals surface area contributed by atoms with Crippen molar-refractivity contribution in [3.05, 3.63) is 0 Å². The molecule has 0 unspecified atom stereocenters. The molecule has 0 aromatic carbocycles.